The van der Waals surface area contributed by atoms with Gasteiger partial charge < -0.3 is 10.2 Å². The van der Waals surface area contributed by atoms with E-state index in [1.807, 2.05) is 0 Å². The number of piperazine rings is 1. The zero-order chi connectivity index (χ0) is 12.4. The van der Waals surface area contributed by atoms with E-state index >= 15 is 0 Å². The van der Waals surface area contributed by atoms with Crippen LogP contribution >= 0.6 is 24.8 Å². The minimum atomic E-state index is 0. The normalized spacial score (nSPS) is 28.0. The molecule has 1 atom stereocenters. The van der Waals surface area contributed by atoms with Crippen LogP contribution < -0.4 is 5.32 Å². The summed E-state index contributed by atoms with van der Waals surface area (Å²) in [6.07, 6.45) is 6.38. The van der Waals surface area contributed by atoms with E-state index < -0.39 is 0 Å². The molecule has 2 heterocycles. The molecule has 20 heavy (non-hydrogen) atoms. The third-order valence-corrected chi connectivity index (χ3v) is 4.86. The van der Waals surface area contributed by atoms with Gasteiger partial charge in [-0.1, -0.05) is 6.42 Å². The molecule has 0 aromatic heterocycles. The largest absolute Gasteiger partial charge is 0.340 e. The Morgan fingerprint density at radius 1 is 0.950 bits per heavy atom. The molecular weight excluding hydrogens is 297 g/mol. The number of carbonyl (C=O) groups excluding carboxylic acids is 1. The number of hydrogen-bond donors (Lipinski definition) is 1. The zero-order valence-electron chi connectivity index (χ0n) is 12.1. The van der Waals surface area contributed by atoms with Crippen LogP contribution in [0.2, 0.25) is 0 Å². The molecule has 0 unspecified atom stereocenters. The molecule has 118 valence electrons. The van der Waals surface area contributed by atoms with Crippen molar-refractivity contribution in [3.05, 3.63) is 0 Å². The third-order valence-electron chi connectivity index (χ3n) is 4.86. The van der Waals surface area contributed by atoms with E-state index in [2.05, 4.69) is 15.1 Å². The predicted molar refractivity (Wildman–Crippen MR) is 85.9 cm³/mol. The lowest BCUT2D eigenvalue weighted by Crippen LogP contribution is -2.55. The van der Waals surface area contributed by atoms with Crippen LogP contribution in [0.4, 0.5) is 0 Å². The fraction of sp³-hybridized carbons (Fsp3) is 0.929. The maximum Gasteiger partial charge on any atom is 0.227 e. The SMILES string of the molecule is Cl.Cl.O=C([C@@H]1CCCNC1)N1CCN(C2CCC2)CC1. The van der Waals surface area contributed by atoms with E-state index in [0.29, 0.717) is 5.91 Å². The van der Waals surface area contributed by atoms with Crippen LogP contribution in [0, 0.1) is 5.92 Å². The summed E-state index contributed by atoms with van der Waals surface area (Å²) in [6, 6.07) is 0.832. The Bertz CT molecular complexity index is 299. The molecule has 1 amide bonds. The Hall–Kier alpha value is -0.0300. The Labute approximate surface area is 134 Å². The highest BCUT2D eigenvalue weighted by molar-refractivity contribution is 5.85. The highest BCUT2D eigenvalue weighted by atomic mass is 35.5. The fourth-order valence-corrected chi connectivity index (χ4v) is 3.38. The second-order valence-corrected chi connectivity index (χ2v) is 5.99. The van der Waals surface area contributed by atoms with Gasteiger partial charge in [0.05, 0.1) is 5.92 Å². The Balaban J connectivity index is 0.000001000. The second-order valence-electron chi connectivity index (χ2n) is 5.99. The second kappa shape index (κ2) is 8.42. The zero-order valence-corrected chi connectivity index (χ0v) is 13.7. The van der Waals surface area contributed by atoms with Crippen molar-refractivity contribution in [3.8, 4) is 0 Å². The molecular formula is C14H27Cl2N3O. The summed E-state index contributed by atoms with van der Waals surface area (Å²) in [5.74, 6) is 0.643. The van der Waals surface area contributed by atoms with Crippen molar-refractivity contribution in [2.45, 2.75) is 38.1 Å². The molecule has 3 fully saturated rings. The van der Waals surface area contributed by atoms with Crippen LogP contribution in [0.3, 0.4) is 0 Å². The van der Waals surface area contributed by atoms with Gasteiger partial charge >= 0.3 is 0 Å². The predicted octanol–water partition coefficient (Wildman–Crippen LogP) is 1.53. The molecule has 3 aliphatic rings. The summed E-state index contributed by atoms with van der Waals surface area (Å²) >= 11 is 0. The third kappa shape index (κ3) is 4.00. The topological polar surface area (TPSA) is 35.6 Å². The number of piperidine rings is 1. The van der Waals surface area contributed by atoms with Crippen LogP contribution in [0.25, 0.3) is 0 Å². The first-order chi connectivity index (χ1) is 8.84. The summed E-state index contributed by atoms with van der Waals surface area (Å²) < 4.78 is 0. The molecule has 0 bridgehead atoms. The average Bonchev–Trinajstić information content (AvgIpc) is 2.38. The minimum Gasteiger partial charge on any atom is -0.340 e. The van der Waals surface area contributed by atoms with E-state index in [1.54, 1.807) is 0 Å². The highest BCUT2D eigenvalue weighted by Crippen LogP contribution is 2.26. The van der Waals surface area contributed by atoms with E-state index in [0.717, 1.165) is 58.2 Å². The van der Waals surface area contributed by atoms with Gasteiger partial charge in [0.15, 0.2) is 0 Å². The van der Waals surface area contributed by atoms with Crippen LogP contribution in [-0.2, 0) is 4.79 Å². The van der Waals surface area contributed by atoms with Gasteiger partial charge in [0.25, 0.3) is 0 Å². The van der Waals surface area contributed by atoms with E-state index in [9.17, 15) is 4.79 Å². The molecule has 2 saturated heterocycles. The Kier molecular flexibility index (Phi) is 7.59. The number of hydrogen-bond acceptors (Lipinski definition) is 3. The van der Waals surface area contributed by atoms with Gasteiger partial charge in [-0.3, -0.25) is 9.69 Å². The van der Waals surface area contributed by atoms with Gasteiger partial charge in [0.1, 0.15) is 0 Å². The van der Waals surface area contributed by atoms with Gasteiger partial charge in [0.2, 0.25) is 5.91 Å². The van der Waals surface area contributed by atoms with E-state index in [1.165, 1.54) is 19.3 Å². The first-order valence-electron chi connectivity index (χ1n) is 7.58. The van der Waals surface area contributed by atoms with E-state index in [4.69, 9.17) is 0 Å². The summed E-state index contributed by atoms with van der Waals surface area (Å²) in [6.45, 7) is 6.06. The molecule has 0 aromatic carbocycles. The number of amides is 1. The molecule has 3 rings (SSSR count). The molecule has 0 spiro atoms. The monoisotopic (exact) mass is 323 g/mol. The summed E-state index contributed by atoms with van der Waals surface area (Å²) in [5.41, 5.74) is 0. The first-order valence-corrected chi connectivity index (χ1v) is 7.58. The molecule has 1 saturated carbocycles. The maximum atomic E-state index is 12.4. The number of carbonyl (C=O) groups is 1. The molecule has 4 nitrogen and oxygen atoms in total. The number of nitrogens with zero attached hydrogens (tertiary/aromatic N) is 2. The van der Waals surface area contributed by atoms with Gasteiger partial charge in [-0.15, -0.1) is 24.8 Å². The van der Waals surface area contributed by atoms with Crippen LogP contribution in [0.15, 0.2) is 0 Å². The molecule has 2 aliphatic heterocycles. The molecule has 1 N–H and O–H groups in total. The van der Waals surface area contributed by atoms with Gasteiger partial charge in [-0.05, 0) is 32.2 Å². The summed E-state index contributed by atoms with van der Waals surface area (Å²) in [5, 5.41) is 3.34. The number of halogens is 2. The fourth-order valence-electron chi connectivity index (χ4n) is 3.38. The molecule has 0 radical (unpaired) electrons. The molecule has 1 aliphatic carbocycles. The van der Waals surface area contributed by atoms with Crippen molar-refractivity contribution in [2.24, 2.45) is 5.92 Å². The number of rotatable bonds is 2. The van der Waals surface area contributed by atoms with Crippen LogP contribution in [0.5, 0.6) is 0 Å². The van der Waals surface area contributed by atoms with Gasteiger partial charge in [-0.25, -0.2) is 0 Å². The van der Waals surface area contributed by atoms with Gasteiger partial charge in [0, 0.05) is 38.8 Å². The highest BCUT2D eigenvalue weighted by Gasteiger charge is 2.31. The van der Waals surface area contributed by atoms with Crippen molar-refractivity contribution in [3.63, 3.8) is 0 Å². The standard InChI is InChI=1S/C14H25N3O.2ClH/c18-14(12-3-2-6-15-11-12)17-9-7-16(8-10-17)13-4-1-5-13;;/h12-13,15H,1-11H2;2*1H/t12-;;/m1../s1. The van der Waals surface area contributed by atoms with Crippen molar-refractivity contribution in [1.82, 2.24) is 15.1 Å². The Morgan fingerprint density at radius 3 is 2.15 bits per heavy atom. The van der Waals surface area contributed by atoms with Crippen molar-refractivity contribution >= 4 is 30.7 Å². The first kappa shape index (κ1) is 18.0. The molecule has 6 heteroatoms. The number of nitrogens with one attached hydrogen (secondary N) is 1. The lowest BCUT2D eigenvalue weighted by atomic mass is 9.91. The van der Waals surface area contributed by atoms with Crippen LogP contribution in [-0.4, -0.2) is 61.0 Å². The summed E-state index contributed by atoms with van der Waals surface area (Å²) in [4.78, 5) is 17.1. The smallest absolute Gasteiger partial charge is 0.227 e. The van der Waals surface area contributed by atoms with Crippen molar-refractivity contribution in [1.29, 1.82) is 0 Å². The average molecular weight is 324 g/mol. The van der Waals surface area contributed by atoms with Crippen LogP contribution in [0.1, 0.15) is 32.1 Å². The minimum absolute atomic E-state index is 0. The summed E-state index contributed by atoms with van der Waals surface area (Å²) in [7, 11) is 0. The van der Waals surface area contributed by atoms with Crippen molar-refractivity contribution in [2.75, 3.05) is 39.3 Å². The lowest BCUT2D eigenvalue weighted by molar-refractivity contribution is -0.138. The van der Waals surface area contributed by atoms with Gasteiger partial charge in [-0.2, -0.15) is 0 Å². The lowest BCUT2D eigenvalue weighted by Gasteiger charge is -2.43. The van der Waals surface area contributed by atoms with Crippen molar-refractivity contribution < 1.29 is 4.79 Å². The molecule has 0 aromatic rings. The quantitative estimate of drug-likeness (QED) is 0.837. The maximum absolute atomic E-state index is 12.4. The Morgan fingerprint density at radius 2 is 1.65 bits per heavy atom. The van der Waals surface area contributed by atoms with E-state index in [-0.39, 0.29) is 30.7 Å².